The molecule has 2 rings (SSSR count). The molecule has 0 heterocycles. The van der Waals surface area contributed by atoms with Gasteiger partial charge in [-0.1, -0.05) is 30.5 Å². The maximum Gasteiger partial charge on any atom is 0.00671 e. The van der Waals surface area contributed by atoms with E-state index in [1.54, 1.807) is 5.56 Å². The molecule has 1 heteroatoms. The highest BCUT2D eigenvalue weighted by Crippen LogP contribution is 2.19. The molecule has 94 valence electrons. The highest BCUT2D eigenvalue weighted by molar-refractivity contribution is 5.37. The molecule has 1 aliphatic rings. The van der Waals surface area contributed by atoms with Gasteiger partial charge < -0.3 is 5.32 Å². The van der Waals surface area contributed by atoms with Gasteiger partial charge in [0, 0.05) is 6.04 Å². The first-order valence-corrected chi connectivity index (χ1v) is 6.97. The van der Waals surface area contributed by atoms with Crippen molar-refractivity contribution in [1.82, 2.24) is 5.32 Å². The summed E-state index contributed by atoms with van der Waals surface area (Å²) in [5.41, 5.74) is 5.83. The minimum absolute atomic E-state index is 0.793. The summed E-state index contributed by atoms with van der Waals surface area (Å²) in [4.78, 5) is 0. The molecule has 0 radical (unpaired) electrons. The smallest absolute Gasteiger partial charge is 0.00671 e. The maximum absolute atomic E-state index is 3.70. The Balaban J connectivity index is 1.89. The van der Waals surface area contributed by atoms with Gasteiger partial charge in [0.25, 0.3) is 0 Å². The predicted molar refractivity (Wildman–Crippen MR) is 74.6 cm³/mol. The lowest BCUT2D eigenvalue weighted by atomic mass is 9.97. The van der Waals surface area contributed by atoms with Crippen molar-refractivity contribution in [1.29, 1.82) is 0 Å². The number of nitrogens with one attached hydrogen (secondary N) is 1. The Morgan fingerprint density at radius 3 is 2.24 bits per heavy atom. The second-order valence-electron chi connectivity index (χ2n) is 5.56. The summed E-state index contributed by atoms with van der Waals surface area (Å²) in [5.74, 6) is 0. The van der Waals surface area contributed by atoms with E-state index in [2.05, 4.69) is 38.2 Å². The van der Waals surface area contributed by atoms with Crippen LogP contribution in [0, 0.1) is 20.8 Å². The average Bonchev–Trinajstić information content (AvgIpc) is 2.74. The Kier molecular flexibility index (Phi) is 4.22. The fourth-order valence-corrected chi connectivity index (χ4v) is 3.14. The lowest BCUT2D eigenvalue weighted by Crippen LogP contribution is -2.28. The van der Waals surface area contributed by atoms with Crippen LogP contribution in [0.5, 0.6) is 0 Å². The minimum Gasteiger partial charge on any atom is -0.314 e. The molecule has 1 aromatic carbocycles. The van der Waals surface area contributed by atoms with E-state index in [1.807, 2.05) is 0 Å². The van der Waals surface area contributed by atoms with Gasteiger partial charge in [0.05, 0.1) is 0 Å². The highest BCUT2D eigenvalue weighted by Gasteiger charge is 2.13. The number of aryl methyl sites for hydroxylation is 3. The molecular formula is C16H25N. The molecule has 1 aromatic rings. The molecule has 0 bridgehead atoms. The summed E-state index contributed by atoms with van der Waals surface area (Å²) >= 11 is 0. The summed E-state index contributed by atoms with van der Waals surface area (Å²) in [7, 11) is 0. The van der Waals surface area contributed by atoms with Crippen molar-refractivity contribution < 1.29 is 0 Å². The van der Waals surface area contributed by atoms with Crippen LogP contribution in [-0.4, -0.2) is 12.6 Å². The second kappa shape index (κ2) is 5.68. The van der Waals surface area contributed by atoms with Gasteiger partial charge in [0.1, 0.15) is 0 Å². The van der Waals surface area contributed by atoms with Crippen LogP contribution in [0.25, 0.3) is 0 Å². The Bertz CT molecular complexity index is 352. The van der Waals surface area contributed by atoms with Gasteiger partial charge >= 0.3 is 0 Å². The minimum atomic E-state index is 0.793. The summed E-state index contributed by atoms with van der Waals surface area (Å²) < 4.78 is 0. The molecule has 1 N–H and O–H groups in total. The van der Waals surface area contributed by atoms with Crippen molar-refractivity contribution >= 4 is 0 Å². The third-order valence-electron chi connectivity index (χ3n) is 4.00. The number of rotatable bonds is 4. The third-order valence-corrected chi connectivity index (χ3v) is 4.00. The van der Waals surface area contributed by atoms with E-state index in [0.29, 0.717) is 0 Å². The molecular weight excluding hydrogens is 206 g/mol. The van der Waals surface area contributed by atoms with E-state index < -0.39 is 0 Å². The Morgan fingerprint density at radius 1 is 1.06 bits per heavy atom. The number of benzene rings is 1. The van der Waals surface area contributed by atoms with E-state index in [1.165, 1.54) is 48.8 Å². The Labute approximate surface area is 106 Å². The van der Waals surface area contributed by atoms with Gasteiger partial charge in [-0.25, -0.2) is 0 Å². The van der Waals surface area contributed by atoms with Crippen LogP contribution in [-0.2, 0) is 6.42 Å². The average molecular weight is 231 g/mol. The lowest BCUT2D eigenvalue weighted by molar-refractivity contribution is 0.527. The quantitative estimate of drug-likeness (QED) is 0.833. The zero-order valence-electron chi connectivity index (χ0n) is 11.5. The topological polar surface area (TPSA) is 12.0 Å². The van der Waals surface area contributed by atoms with Crippen molar-refractivity contribution in [3.8, 4) is 0 Å². The fourth-order valence-electron chi connectivity index (χ4n) is 3.14. The van der Waals surface area contributed by atoms with E-state index >= 15 is 0 Å². The van der Waals surface area contributed by atoms with Gasteiger partial charge in [0.15, 0.2) is 0 Å². The Hall–Kier alpha value is -0.820. The van der Waals surface area contributed by atoms with Crippen LogP contribution in [0.15, 0.2) is 12.1 Å². The molecule has 0 aliphatic heterocycles. The first-order valence-electron chi connectivity index (χ1n) is 6.97. The van der Waals surface area contributed by atoms with Crippen LogP contribution in [0.4, 0.5) is 0 Å². The van der Waals surface area contributed by atoms with E-state index in [4.69, 9.17) is 0 Å². The molecule has 0 atom stereocenters. The van der Waals surface area contributed by atoms with Gasteiger partial charge in [-0.3, -0.25) is 0 Å². The Morgan fingerprint density at radius 2 is 1.65 bits per heavy atom. The van der Waals surface area contributed by atoms with Crippen LogP contribution in [0.3, 0.4) is 0 Å². The third kappa shape index (κ3) is 3.32. The zero-order chi connectivity index (χ0) is 12.3. The SMILES string of the molecule is Cc1cc(C)c(CCNC2CCCC2)c(C)c1. The van der Waals surface area contributed by atoms with Gasteiger partial charge in [-0.05, 0) is 63.3 Å². The van der Waals surface area contributed by atoms with Crippen LogP contribution < -0.4 is 5.32 Å². The van der Waals surface area contributed by atoms with Crippen LogP contribution >= 0.6 is 0 Å². The maximum atomic E-state index is 3.70. The number of hydrogen-bond acceptors (Lipinski definition) is 1. The van der Waals surface area contributed by atoms with Crippen molar-refractivity contribution in [3.05, 3.63) is 34.4 Å². The standard InChI is InChI=1S/C16H25N/c1-12-10-13(2)16(14(3)11-12)8-9-17-15-6-4-5-7-15/h10-11,15,17H,4-9H2,1-3H3. The lowest BCUT2D eigenvalue weighted by Gasteiger charge is -2.15. The molecule has 17 heavy (non-hydrogen) atoms. The molecule has 1 fully saturated rings. The summed E-state index contributed by atoms with van der Waals surface area (Å²) in [6, 6.07) is 5.40. The summed E-state index contributed by atoms with van der Waals surface area (Å²) in [6.45, 7) is 7.80. The summed E-state index contributed by atoms with van der Waals surface area (Å²) in [5, 5.41) is 3.70. The number of hydrogen-bond donors (Lipinski definition) is 1. The highest BCUT2D eigenvalue weighted by atomic mass is 14.9. The van der Waals surface area contributed by atoms with Gasteiger partial charge in [0.2, 0.25) is 0 Å². The molecule has 1 nitrogen and oxygen atoms in total. The molecule has 0 saturated heterocycles. The van der Waals surface area contributed by atoms with E-state index in [0.717, 1.165) is 12.6 Å². The molecule has 1 aliphatic carbocycles. The van der Waals surface area contributed by atoms with Crippen LogP contribution in [0.1, 0.15) is 47.9 Å². The largest absolute Gasteiger partial charge is 0.314 e. The molecule has 0 amide bonds. The van der Waals surface area contributed by atoms with Crippen LogP contribution in [0.2, 0.25) is 0 Å². The molecule has 0 unspecified atom stereocenters. The fraction of sp³-hybridized carbons (Fsp3) is 0.625. The molecule has 1 saturated carbocycles. The van der Waals surface area contributed by atoms with Crippen molar-refractivity contribution in [2.45, 2.75) is 58.9 Å². The second-order valence-corrected chi connectivity index (χ2v) is 5.56. The summed E-state index contributed by atoms with van der Waals surface area (Å²) in [6.07, 6.45) is 6.77. The normalized spacial score (nSPS) is 16.6. The first-order chi connectivity index (χ1) is 8.16. The molecule has 0 spiro atoms. The zero-order valence-corrected chi connectivity index (χ0v) is 11.5. The van der Waals surface area contributed by atoms with E-state index in [-0.39, 0.29) is 0 Å². The van der Waals surface area contributed by atoms with Gasteiger partial charge in [-0.2, -0.15) is 0 Å². The monoisotopic (exact) mass is 231 g/mol. The predicted octanol–water partition coefficient (Wildman–Crippen LogP) is 3.69. The van der Waals surface area contributed by atoms with Crippen molar-refractivity contribution in [3.63, 3.8) is 0 Å². The first kappa shape index (κ1) is 12.6. The van der Waals surface area contributed by atoms with Gasteiger partial charge in [-0.15, -0.1) is 0 Å². The molecule has 0 aromatic heterocycles. The van der Waals surface area contributed by atoms with E-state index in [9.17, 15) is 0 Å². The van der Waals surface area contributed by atoms with Crippen molar-refractivity contribution in [2.75, 3.05) is 6.54 Å². The van der Waals surface area contributed by atoms with Crippen molar-refractivity contribution in [2.24, 2.45) is 0 Å².